The maximum absolute atomic E-state index is 12.7. The van der Waals surface area contributed by atoms with Crippen molar-refractivity contribution >= 4 is 22.7 Å². The number of hydrogen-bond acceptors (Lipinski definition) is 9. The highest BCUT2D eigenvalue weighted by atomic mass is 16.5. The number of aromatic nitrogens is 3. The van der Waals surface area contributed by atoms with Gasteiger partial charge in [-0.2, -0.15) is 5.10 Å². The molecule has 0 saturated carbocycles. The minimum Gasteiger partial charge on any atom is -0.497 e. The maximum Gasteiger partial charge on any atom is 0.341 e. The van der Waals surface area contributed by atoms with Gasteiger partial charge in [0.25, 0.3) is 5.56 Å². The van der Waals surface area contributed by atoms with Crippen LogP contribution in [0.15, 0.2) is 70.4 Å². The number of carbonyl (C=O) groups is 1. The highest BCUT2D eigenvalue weighted by molar-refractivity contribution is 5.94. The van der Waals surface area contributed by atoms with E-state index in [2.05, 4.69) is 14.9 Å². The molecule has 0 radical (unpaired) electrons. The smallest absolute Gasteiger partial charge is 0.341 e. The van der Waals surface area contributed by atoms with Crippen LogP contribution >= 0.6 is 0 Å². The summed E-state index contributed by atoms with van der Waals surface area (Å²) in [5.74, 6) is 0.672. The highest BCUT2D eigenvalue weighted by Gasteiger charge is 2.34. The van der Waals surface area contributed by atoms with Gasteiger partial charge in [-0.05, 0) is 35.9 Å². The molecule has 0 amide bonds. The summed E-state index contributed by atoms with van der Waals surface area (Å²) in [7, 11) is 3.41. The summed E-state index contributed by atoms with van der Waals surface area (Å²) in [5, 5.41) is 16.3. The van der Waals surface area contributed by atoms with Crippen molar-refractivity contribution in [1.29, 1.82) is 0 Å². The zero-order chi connectivity index (χ0) is 28.0. The van der Waals surface area contributed by atoms with E-state index in [1.807, 2.05) is 24.3 Å². The second-order valence-corrected chi connectivity index (χ2v) is 9.75. The molecule has 40 heavy (non-hydrogen) atoms. The van der Waals surface area contributed by atoms with Crippen LogP contribution in [-0.2, 0) is 6.54 Å². The zero-order valence-electron chi connectivity index (χ0n) is 22.1. The quantitative estimate of drug-likeness (QED) is 0.381. The molecular formula is C28H28N6O6. The van der Waals surface area contributed by atoms with Gasteiger partial charge >= 0.3 is 5.97 Å². The fourth-order valence-electron chi connectivity index (χ4n) is 5.27. The van der Waals surface area contributed by atoms with Crippen molar-refractivity contribution in [3.63, 3.8) is 0 Å². The average Bonchev–Trinajstić information content (AvgIpc) is 2.97. The molecule has 1 saturated heterocycles. The van der Waals surface area contributed by atoms with Crippen LogP contribution in [-0.4, -0.2) is 77.1 Å². The van der Waals surface area contributed by atoms with Gasteiger partial charge in [0.2, 0.25) is 11.8 Å². The van der Waals surface area contributed by atoms with E-state index in [-0.39, 0.29) is 11.1 Å². The Morgan fingerprint density at radius 1 is 1.07 bits per heavy atom. The molecule has 1 unspecified atom stereocenters. The summed E-state index contributed by atoms with van der Waals surface area (Å²) < 4.78 is 14.8. The second kappa shape index (κ2) is 10.0. The number of carboxylic acid groups (broad SMARTS) is 1. The predicted octanol–water partition coefficient (Wildman–Crippen LogP) is 1.38. The van der Waals surface area contributed by atoms with E-state index in [0.29, 0.717) is 55.2 Å². The Kier molecular flexibility index (Phi) is 6.39. The number of anilines is 1. The molecule has 4 heterocycles. The van der Waals surface area contributed by atoms with Crippen LogP contribution in [0.25, 0.3) is 10.9 Å². The highest BCUT2D eigenvalue weighted by Crippen LogP contribution is 2.31. The number of carboxylic acids is 1. The number of ether oxygens (including phenoxy) is 2. The van der Waals surface area contributed by atoms with Crippen molar-refractivity contribution in [3.8, 4) is 11.5 Å². The first-order valence-corrected chi connectivity index (χ1v) is 12.9. The van der Waals surface area contributed by atoms with Crippen LogP contribution in [0, 0.1) is 0 Å². The van der Waals surface area contributed by atoms with Crippen LogP contribution in [0.1, 0.15) is 15.9 Å². The van der Waals surface area contributed by atoms with Gasteiger partial charge in [-0.1, -0.05) is 18.2 Å². The summed E-state index contributed by atoms with van der Waals surface area (Å²) in [6.45, 7) is 2.86. The lowest BCUT2D eigenvalue weighted by molar-refractivity contribution is 0.00140. The largest absolute Gasteiger partial charge is 0.497 e. The van der Waals surface area contributed by atoms with Gasteiger partial charge in [-0.3, -0.25) is 19.3 Å². The Bertz CT molecular complexity index is 1720. The van der Waals surface area contributed by atoms with Crippen LogP contribution < -0.4 is 30.4 Å². The van der Waals surface area contributed by atoms with Crippen LogP contribution in [0.3, 0.4) is 0 Å². The molecule has 12 heteroatoms. The maximum atomic E-state index is 12.7. The van der Waals surface area contributed by atoms with E-state index in [1.54, 1.807) is 48.1 Å². The minimum absolute atomic E-state index is 0.186. The standard InChI is InChI=1S/C28H28N6O6/c1-30-28(40-22-8-4-7-20-25(22)34(30)17-21(26(20)36)27(37)38)32-13-11-31(12-14-32)23-9-10-24(35)33(29-23)16-18-5-3-6-19(15-18)39-2/h3-10,15,17,28H,11-14,16H2,1-2H3,(H,37,38). The van der Waals surface area contributed by atoms with E-state index in [1.165, 1.54) is 16.9 Å². The number of methoxy groups -OCH3 is 1. The van der Waals surface area contributed by atoms with Crippen molar-refractivity contribution in [1.82, 2.24) is 19.4 Å². The number of benzene rings is 2. The monoisotopic (exact) mass is 544 g/mol. The van der Waals surface area contributed by atoms with Gasteiger partial charge in [-0.15, -0.1) is 0 Å². The first-order chi connectivity index (χ1) is 19.3. The fraction of sp³-hybridized carbons (Fsp3) is 0.286. The van der Waals surface area contributed by atoms with Gasteiger partial charge in [-0.25, -0.2) is 14.4 Å². The molecule has 2 aliphatic heterocycles. The number of para-hydroxylation sites is 1. The van der Waals surface area contributed by atoms with Gasteiger partial charge in [0.15, 0.2) is 0 Å². The Morgan fingerprint density at radius 2 is 1.85 bits per heavy atom. The molecule has 0 bridgehead atoms. The Labute approximate surface area is 228 Å². The third-order valence-electron chi connectivity index (χ3n) is 7.36. The number of aromatic carboxylic acids is 1. The molecule has 206 valence electrons. The Morgan fingerprint density at radius 3 is 2.60 bits per heavy atom. The number of nitrogens with zero attached hydrogens (tertiary/aromatic N) is 6. The van der Waals surface area contributed by atoms with Crippen LogP contribution in [0.5, 0.6) is 11.5 Å². The van der Waals surface area contributed by atoms with E-state index in [4.69, 9.17) is 9.47 Å². The topological polar surface area (TPSA) is 122 Å². The molecule has 0 spiro atoms. The van der Waals surface area contributed by atoms with E-state index in [9.17, 15) is 19.5 Å². The lowest BCUT2D eigenvalue weighted by Crippen LogP contribution is -2.61. The molecule has 1 N–H and O–H groups in total. The third kappa shape index (κ3) is 4.41. The van der Waals surface area contributed by atoms with E-state index < -0.39 is 17.7 Å². The molecule has 2 aromatic heterocycles. The Balaban J connectivity index is 1.20. The molecule has 0 aliphatic carbocycles. The summed E-state index contributed by atoms with van der Waals surface area (Å²) in [4.78, 5) is 41.3. The lowest BCUT2D eigenvalue weighted by atomic mass is 10.1. The van der Waals surface area contributed by atoms with Crippen molar-refractivity contribution in [2.24, 2.45) is 0 Å². The molecule has 2 aromatic carbocycles. The first kappa shape index (κ1) is 25.4. The fourth-order valence-corrected chi connectivity index (χ4v) is 5.27. The summed E-state index contributed by atoms with van der Waals surface area (Å²) in [6.07, 6.45) is 0.844. The molecule has 2 aliphatic rings. The van der Waals surface area contributed by atoms with E-state index >= 15 is 0 Å². The number of rotatable bonds is 6. The lowest BCUT2D eigenvalue weighted by Gasteiger charge is -2.45. The molecule has 1 fully saturated rings. The summed E-state index contributed by atoms with van der Waals surface area (Å²) in [6, 6.07) is 15.9. The average molecular weight is 545 g/mol. The van der Waals surface area contributed by atoms with Crippen molar-refractivity contribution in [2.45, 2.75) is 12.9 Å². The molecule has 6 rings (SSSR count). The number of hydrogen-bond donors (Lipinski definition) is 1. The van der Waals surface area contributed by atoms with Crippen molar-refractivity contribution < 1.29 is 19.4 Å². The summed E-state index contributed by atoms with van der Waals surface area (Å²) >= 11 is 0. The van der Waals surface area contributed by atoms with Gasteiger partial charge in [0.1, 0.15) is 28.4 Å². The molecule has 4 aromatic rings. The third-order valence-corrected chi connectivity index (χ3v) is 7.36. The Hall–Kier alpha value is -4.84. The minimum atomic E-state index is -1.27. The predicted molar refractivity (Wildman–Crippen MR) is 148 cm³/mol. The van der Waals surface area contributed by atoms with Gasteiger partial charge in [0.05, 0.1) is 19.0 Å². The second-order valence-electron chi connectivity index (χ2n) is 9.75. The van der Waals surface area contributed by atoms with Gasteiger partial charge in [0, 0.05) is 45.5 Å². The van der Waals surface area contributed by atoms with Crippen LogP contribution in [0.2, 0.25) is 0 Å². The molecule has 12 nitrogen and oxygen atoms in total. The summed E-state index contributed by atoms with van der Waals surface area (Å²) in [5.41, 5.74) is 0.435. The van der Waals surface area contributed by atoms with Crippen LogP contribution in [0.4, 0.5) is 5.82 Å². The van der Waals surface area contributed by atoms with E-state index in [0.717, 1.165) is 11.3 Å². The SMILES string of the molecule is COc1cccc(Cn2nc(N3CCN(C4Oc5cccc6c(=O)c(C(=O)O)cn(c56)N4C)CC3)ccc2=O)c1. The number of pyridine rings is 1. The van der Waals surface area contributed by atoms with Crippen molar-refractivity contribution in [2.75, 3.05) is 50.2 Å². The van der Waals surface area contributed by atoms with Crippen molar-refractivity contribution in [3.05, 3.63) is 92.5 Å². The first-order valence-electron chi connectivity index (χ1n) is 12.9. The zero-order valence-corrected chi connectivity index (χ0v) is 22.1. The number of piperazine rings is 1. The molecule has 1 atom stereocenters. The molecular weight excluding hydrogens is 516 g/mol. The normalized spacial score (nSPS) is 17.1. The van der Waals surface area contributed by atoms with Gasteiger partial charge < -0.3 is 19.5 Å².